The summed E-state index contributed by atoms with van der Waals surface area (Å²) in [5.74, 6) is 1.89. The largest absolute Gasteiger partial charge is 0.468 e. The van der Waals surface area contributed by atoms with Gasteiger partial charge in [0, 0.05) is 26.1 Å². The predicted octanol–water partition coefficient (Wildman–Crippen LogP) is 3.22. The highest BCUT2D eigenvalue weighted by atomic mass is 16.6. The van der Waals surface area contributed by atoms with E-state index in [1.807, 2.05) is 6.07 Å². The molecule has 4 nitrogen and oxygen atoms in total. The molecule has 1 aliphatic carbocycles. The number of rotatable bonds is 5. The summed E-state index contributed by atoms with van der Waals surface area (Å²) in [7, 11) is 0. The van der Waals surface area contributed by atoms with Gasteiger partial charge in [0.25, 0.3) is 0 Å². The van der Waals surface area contributed by atoms with Gasteiger partial charge in [-0.25, -0.2) is 0 Å². The van der Waals surface area contributed by atoms with E-state index in [-0.39, 0.29) is 5.60 Å². The summed E-state index contributed by atoms with van der Waals surface area (Å²) < 4.78 is 17.7. The summed E-state index contributed by atoms with van der Waals surface area (Å²) >= 11 is 0. The third-order valence-electron chi connectivity index (χ3n) is 5.69. The first-order valence-corrected chi connectivity index (χ1v) is 8.82. The second-order valence-corrected chi connectivity index (χ2v) is 7.31. The zero-order valence-electron chi connectivity index (χ0n) is 13.3. The van der Waals surface area contributed by atoms with Crippen molar-refractivity contribution in [1.29, 1.82) is 0 Å². The molecule has 3 aliphatic rings. The molecule has 1 atom stereocenters. The van der Waals surface area contributed by atoms with Crippen molar-refractivity contribution < 1.29 is 13.9 Å². The average molecular weight is 305 g/mol. The van der Waals surface area contributed by atoms with Gasteiger partial charge in [0.2, 0.25) is 0 Å². The molecule has 2 aliphatic heterocycles. The molecule has 122 valence electrons. The molecule has 2 saturated heterocycles. The van der Waals surface area contributed by atoms with Crippen molar-refractivity contribution in [2.75, 3.05) is 26.3 Å². The Hall–Kier alpha value is -0.840. The molecule has 1 aromatic rings. The Morgan fingerprint density at radius 2 is 2.14 bits per heavy atom. The first-order chi connectivity index (χ1) is 10.8. The van der Waals surface area contributed by atoms with E-state index >= 15 is 0 Å². The van der Waals surface area contributed by atoms with Gasteiger partial charge in [-0.05, 0) is 43.7 Å². The number of piperidine rings is 1. The molecule has 3 fully saturated rings. The van der Waals surface area contributed by atoms with Crippen molar-refractivity contribution >= 4 is 0 Å². The normalized spacial score (nSPS) is 29.0. The van der Waals surface area contributed by atoms with E-state index in [1.54, 1.807) is 6.26 Å². The zero-order valence-corrected chi connectivity index (χ0v) is 13.3. The minimum absolute atomic E-state index is 0.0872. The first-order valence-electron chi connectivity index (χ1n) is 8.82. The van der Waals surface area contributed by atoms with E-state index in [4.69, 9.17) is 13.9 Å². The van der Waals surface area contributed by atoms with Crippen LogP contribution in [0.5, 0.6) is 0 Å². The standard InChI is InChI=1S/C18H27NO3/c1-3-15(4-1)13-21-17-11-18(22-14-17)6-8-19(9-7-18)12-16-5-2-10-20-16/h2,5,10,15,17H,1,3-4,6-9,11-14H2/t17-/m0/s1. The van der Waals surface area contributed by atoms with Crippen molar-refractivity contribution in [3.8, 4) is 0 Å². The van der Waals surface area contributed by atoms with Crippen molar-refractivity contribution in [3.63, 3.8) is 0 Å². The molecule has 0 N–H and O–H groups in total. The Morgan fingerprint density at radius 1 is 1.27 bits per heavy atom. The summed E-state index contributed by atoms with van der Waals surface area (Å²) in [4.78, 5) is 2.47. The maximum atomic E-state index is 6.19. The van der Waals surface area contributed by atoms with Crippen LogP contribution in [0.2, 0.25) is 0 Å². The minimum atomic E-state index is 0.0872. The van der Waals surface area contributed by atoms with Gasteiger partial charge in [-0.2, -0.15) is 0 Å². The monoisotopic (exact) mass is 305 g/mol. The summed E-state index contributed by atoms with van der Waals surface area (Å²) in [6, 6.07) is 4.02. The summed E-state index contributed by atoms with van der Waals surface area (Å²) in [5.41, 5.74) is 0.0872. The molecule has 4 heteroatoms. The van der Waals surface area contributed by atoms with Gasteiger partial charge in [0.05, 0.1) is 31.1 Å². The third kappa shape index (κ3) is 3.24. The number of nitrogens with zero attached hydrogens (tertiary/aromatic N) is 1. The van der Waals surface area contributed by atoms with Crippen molar-refractivity contribution in [1.82, 2.24) is 4.90 Å². The van der Waals surface area contributed by atoms with E-state index in [0.717, 1.165) is 63.8 Å². The Morgan fingerprint density at radius 3 is 2.82 bits per heavy atom. The minimum Gasteiger partial charge on any atom is -0.468 e. The Kier molecular flexibility index (Phi) is 4.25. The van der Waals surface area contributed by atoms with Crippen LogP contribution in [0.15, 0.2) is 22.8 Å². The molecule has 0 radical (unpaired) electrons. The lowest BCUT2D eigenvalue weighted by Gasteiger charge is -2.38. The van der Waals surface area contributed by atoms with Gasteiger partial charge < -0.3 is 13.9 Å². The first kappa shape index (κ1) is 14.7. The van der Waals surface area contributed by atoms with Crippen LogP contribution >= 0.6 is 0 Å². The van der Waals surface area contributed by atoms with E-state index in [1.165, 1.54) is 19.3 Å². The Labute approximate surface area is 132 Å². The van der Waals surface area contributed by atoms with Crippen LogP contribution in [0.4, 0.5) is 0 Å². The molecule has 1 aromatic heterocycles. The number of furan rings is 1. The van der Waals surface area contributed by atoms with Gasteiger partial charge in [-0.3, -0.25) is 4.90 Å². The third-order valence-corrected chi connectivity index (χ3v) is 5.69. The smallest absolute Gasteiger partial charge is 0.117 e. The SMILES string of the molecule is c1coc(CN2CCC3(CC2)C[C@H](OCC2CCC2)CO3)c1. The number of likely N-dealkylation sites (tertiary alicyclic amines) is 1. The van der Waals surface area contributed by atoms with E-state index in [9.17, 15) is 0 Å². The highest BCUT2D eigenvalue weighted by Crippen LogP contribution is 2.38. The predicted molar refractivity (Wildman–Crippen MR) is 83.6 cm³/mol. The topological polar surface area (TPSA) is 34.8 Å². The quantitative estimate of drug-likeness (QED) is 0.836. The van der Waals surface area contributed by atoms with Gasteiger partial charge in [0.1, 0.15) is 5.76 Å². The van der Waals surface area contributed by atoms with Crippen LogP contribution in [0.3, 0.4) is 0 Å². The molecular weight excluding hydrogens is 278 g/mol. The van der Waals surface area contributed by atoms with Crippen molar-refractivity contribution in [3.05, 3.63) is 24.2 Å². The Bertz CT molecular complexity index is 461. The van der Waals surface area contributed by atoms with Crippen molar-refractivity contribution in [2.24, 2.45) is 5.92 Å². The molecular formula is C18H27NO3. The molecule has 3 heterocycles. The molecule has 22 heavy (non-hydrogen) atoms. The molecule has 0 amide bonds. The molecule has 0 bridgehead atoms. The highest BCUT2D eigenvalue weighted by Gasteiger charge is 2.43. The number of hydrogen-bond donors (Lipinski definition) is 0. The van der Waals surface area contributed by atoms with Crippen LogP contribution in [-0.2, 0) is 16.0 Å². The molecule has 0 aromatic carbocycles. The van der Waals surface area contributed by atoms with Gasteiger partial charge in [-0.1, -0.05) is 6.42 Å². The Balaban J connectivity index is 1.22. The summed E-state index contributed by atoms with van der Waals surface area (Å²) in [6.07, 6.45) is 9.54. The maximum absolute atomic E-state index is 6.19. The van der Waals surface area contributed by atoms with Gasteiger partial charge in [-0.15, -0.1) is 0 Å². The molecule has 1 spiro atoms. The fourth-order valence-corrected chi connectivity index (χ4v) is 3.93. The highest BCUT2D eigenvalue weighted by molar-refractivity contribution is 5.00. The van der Waals surface area contributed by atoms with E-state index in [2.05, 4.69) is 11.0 Å². The fraction of sp³-hybridized carbons (Fsp3) is 0.778. The van der Waals surface area contributed by atoms with Crippen LogP contribution in [0.25, 0.3) is 0 Å². The number of hydrogen-bond acceptors (Lipinski definition) is 4. The summed E-state index contributed by atoms with van der Waals surface area (Å²) in [6.45, 7) is 4.86. The fourth-order valence-electron chi connectivity index (χ4n) is 3.93. The maximum Gasteiger partial charge on any atom is 0.117 e. The second kappa shape index (κ2) is 6.34. The second-order valence-electron chi connectivity index (χ2n) is 7.31. The lowest BCUT2D eigenvalue weighted by Crippen LogP contribution is -2.43. The van der Waals surface area contributed by atoms with E-state index < -0.39 is 0 Å². The van der Waals surface area contributed by atoms with Gasteiger partial charge >= 0.3 is 0 Å². The number of ether oxygens (including phenoxy) is 2. The average Bonchev–Trinajstić information content (AvgIpc) is 3.11. The summed E-state index contributed by atoms with van der Waals surface area (Å²) in [5, 5.41) is 0. The van der Waals surface area contributed by atoms with Crippen molar-refractivity contribution in [2.45, 2.75) is 56.8 Å². The molecule has 4 rings (SSSR count). The lowest BCUT2D eigenvalue weighted by atomic mass is 9.86. The van der Waals surface area contributed by atoms with Crippen LogP contribution in [-0.4, -0.2) is 42.9 Å². The molecule has 0 unspecified atom stereocenters. The van der Waals surface area contributed by atoms with Gasteiger partial charge in [0.15, 0.2) is 0 Å². The lowest BCUT2D eigenvalue weighted by molar-refractivity contribution is -0.0482. The van der Waals surface area contributed by atoms with Crippen LogP contribution in [0, 0.1) is 5.92 Å². The van der Waals surface area contributed by atoms with Crippen LogP contribution < -0.4 is 0 Å². The zero-order chi connectivity index (χ0) is 14.8. The van der Waals surface area contributed by atoms with E-state index in [0.29, 0.717) is 6.10 Å². The van der Waals surface area contributed by atoms with Crippen LogP contribution in [0.1, 0.15) is 44.3 Å². The molecule has 1 saturated carbocycles.